The molecule has 2 amide bonds. The number of carbonyl (C=O) groups is 2. The smallest absolute Gasteiger partial charge is 0.326 e. The number of carboxylic acids is 1. The molecule has 6 heteroatoms. The van der Waals surface area contributed by atoms with Crippen LogP contribution in [0.1, 0.15) is 25.7 Å². The standard InChI is InChI=1S/C14H17IN2O3/c15-10-6-3-4-7-11(10)16-14(20)17-9-5-1-2-8-12(17)13(18)19/h3-4,6-7,12H,1-2,5,8-9H2,(H,16,20)(H,18,19). The van der Waals surface area contributed by atoms with Crippen LogP contribution < -0.4 is 5.32 Å². The number of hydrogen-bond donors (Lipinski definition) is 2. The highest BCUT2D eigenvalue weighted by Crippen LogP contribution is 2.21. The molecule has 1 unspecified atom stereocenters. The van der Waals surface area contributed by atoms with Crippen LogP contribution in [0.15, 0.2) is 24.3 Å². The van der Waals surface area contributed by atoms with Crippen molar-refractivity contribution in [1.29, 1.82) is 0 Å². The molecule has 1 aliphatic rings. The van der Waals surface area contributed by atoms with Crippen LogP contribution in [-0.4, -0.2) is 34.6 Å². The van der Waals surface area contributed by atoms with Crippen molar-refractivity contribution in [1.82, 2.24) is 4.90 Å². The van der Waals surface area contributed by atoms with Gasteiger partial charge in [-0.3, -0.25) is 0 Å². The largest absolute Gasteiger partial charge is 0.480 e. The van der Waals surface area contributed by atoms with E-state index in [4.69, 9.17) is 0 Å². The topological polar surface area (TPSA) is 69.6 Å². The Morgan fingerprint density at radius 1 is 1.25 bits per heavy atom. The molecule has 0 bridgehead atoms. The average molecular weight is 388 g/mol. The van der Waals surface area contributed by atoms with Crippen LogP contribution >= 0.6 is 22.6 Å². The molecule has 20 heavy (non-hydrogen) atoms. The van der Waals surface area contributed by atoms with Crippen LogP contribution in [0.2, 0.25) is 0 Å². The van der Waals surface area contributed by atoms with E-state index in [0.717, 1.165) is 22.8 Å². The molecule has 1 aromatic carbocycles. The minimum atomic E-state index is -0.926. The SMILES string of the molecule is O=C(O)C1CCCCCN1C(=O)Nc1ccccc1I. The van der Waals surface area contributed by atoms with Crippen molar-refractivity contribution >= 4 is 40.3 Å². The Morgan fingerprint density at radius 3 is 2.70 bits per heavy atom. The lowest BCUT2D eigenvalue weighted by atomic mass is 10.1. The number of para-hydroxylation sites is 1. The highest BCUT2D eigenvalue weighted by Gasteiger charge is 2.30. The van der Waals surface area contributed by atoms with E-state index in [1.54, 1.807) is 0 Å². The fourth-order valence-corrected chi connectivity index (χ4v) is 2.88. The van der Waals surface area contributed by atoms with E-state index in [-0.39, 0.29) is 6.03 Å². The third-order valence-electron chi connectivity index (χ3n) is 3.41. The zero-order chi connectivity index (χ0) is 14.5. The van der Waals surface area contributed by atoms with Crippen molar-refractivity contribution in [2.24, 2.45) is 0 Å². The first-order chi connectivity index (χ1) is 9.59. The first-order valence-electron chi connectivity index (χ1n) is 6.64. The number of hydrogen-bond acceptors (Lipinski definition) is 2. The molecule has 1 heterocycles. The molecule has 1 fully saturated rings. The van der Waals surface area contributed by atoms with Gasteiger partial charge in [0.25, 0.3) is 0 Å². The Morgan fingerprint density at radius 2 is 2.00 bits per heavy atom. The summed E-state index contributed by atoms with van der Waals surface area (Å²) in [6, 6.07) is 6.39. The van der Waals surface area contributed by atoms with Crippen molar-refractivity contribution in [3.8, 4) is 0 Å². The quantitative estimate of drug-likeness (QED) is 0.765. The second kappa shape index (κ2) is 6.92. The summed E-state index contributed by atoms with van der Waals surface area (Å²) in [6.07, 6.45) is 3.19. The van der Waals surface area contributed by atoms with E-state index < -0.39 is 12.0 Å². The van der Waals surface area contributed by atoms with E-state index in [0.29, 0.717) is 18.7 Å². The van der Waals surface area contributed by atoms with Gasteiger partial charge in [0.2, 0.25) is 0 Å². The molecular weight excluding hydrogens is 371 g/mol. The van der Waals surface area contributed by atoms with Crippen LogP contribution in [0, 0.1) is 3.57 Å². The summed E-state index contributed by atoms with van der Waals surface area (Å²) >= 11 is 2.14. The maximum atomic E-state index is 12.3. The van der Waals surface area contributed by atoms with Crippen LogP contribution in [-0.2, 0) is 4.79 Å². The highest BCUT2D eigenvalue weighted by molar-refractivity contribution is 14.1. The number of urea groups is 1. The maximum absolute atomic E-state index is 12.3. The summed E-state index contributed by atoms with van der Waals surface area (Å²) in [7, 11) is 0. The van der Waals surface area contributed by atoms with Gasteiger partial charge in [0.15, 0.2) is 0 Å². The highest BCUT2D eigenvalue weighted by atomic mass is 127. The number of anilines is 1. The molecule has 1 atom stereocenters. The minimum Gasteiger partial charge on any atom is -0.480 e. The van der Waals surface area contributed by atoms with Gasteiger partial charge in [-0.05, 0) is 47.6 Å². The number of likely N-dealkylation sites (tertiary alicyclic amines) is 1. The fraction of sp³-hybridized carbons (Fsp3) is 0.429. The molecule has 108 valence electrons. The zero-order valence-corrected chi connectivity index (χ0v) is 13.2. The predicted octanol–water partition coefficient (Wildman–Crippen LogP) is 3.15. The number of amides is 2. The first kappa shape index (κ1) is 15.1. The van der Waals surface area contributed by atoms with E-state index >= 15 is 0 Å². The van der Waals surface area contributed by atoms with Crippen molar-refractivity contribution in [3.05, 3.63) is 27.8 Å². The summed E-state index contributed by atoms with van der Waals surface area (Å²) in [5.41, 5.74) is 0.714. The number of halogens is 1. The molecule has 1 aromatic rings. The van der Waals surface area contributed by atoms with Crippen LogP contribution in [0.4, 0.5) is 10.5 Å². The van der Waals surface area contributed by atoms with Gasteiger partial charge in [0.1, 0.15) is 6.04 Å². The van der Waals surface area contributed by atoms with Crippen molar-refractivity contribution in [3.63, 3.8) is 0 Å². The van der Waals surface area contributed by atoms with Gasteiger partial charge >= 0.3 is 12.0 Å². The molecule has 1 saturated heterocycles. The van der Waals surface area contributed by atoms with E-state index in [1.165, 1.54) is 4.90 Å². The molecule has 0 saturated carbocycles. The minimum absolute atomic E-state index is 0.330. The molecule has 0 aromatic heterocycles. The zero-order valence-electron chi connectivity index (χ0n) is 11.0. The Kier molecular flexibility index (Phi) is 5.22. The summed E-state index contributed by atoms with van der Waals surface area (Å²) in [4.78, 5) is 25.1. The van der Waals surface area contributed by atoms with Gasteiger partial charge in [-0.25, -0.2) is 9.59 Å². The molecule has 2 N–H and O–H groups in total. The molecule has 2 rings (SSSR count). The normalized spacial score (nSPS) is 19.2. The van der Waals surface area contributed by atoms with Gasteiger partial charge < -0.3 is 15.3 Å². The number of carboxylic acid groups (broad SMARTS) is 1. The lowest BCUT2D eigenvalue weighted by molar-refractivity contribution is -0.142. The molecule has 1 aliphatic heterocycles. The number of benzene rings is 1. The monoisotopic (exact) mass is 388 g/mol. The number of carbonyl (C=O) groups excluding carboxylic acids is 1. The molecule has 0 spiro atoms. The Bertz CT molecular complexity index is 507. The third-order valence-corrected chi connectivity index (χ3v) is 4.35. The number of nitrogens with zero attached hydrogens (tertiary/aromatic N) is 1. The number of rotatable bonds is 2. The Labute approximate surface area is 131 Å². The molecule has 0 radical (unpaired) electrons. The van der Waals surface area contributed by atoms with E-state index in [1.807, 2.05) is 24.3 Å². The van der Waals surface area contributed by atoms with Gasteiger partial charge in [0, 0.05) is 10.1 Å². The average Bonchev–Trinajstić information content (AvgIpc) is 2.67. The maximum Gasteiger partial charge on any atom is 0.326 e. The summed E-state index contributed by atoms with van der Waals surface area (Å²) in [5, 5.41) is 12.1. The molecule has 5 nitrogen and oxygen atoms in total. The lowest BCUT2D eigenvalue weighted by Gasteiger charge is -2.27. The summed E-state index contributed by atoms with van der Waals surface area (Å²) in [6.45, 7) is 0.492. The van der Waals surface area contributed by atoms with Crippen molar-refractivity contribution in [2.75, 3.05) is 11.9 Å². The van der Waals surface area contributed by atoms with Gasteiger partial charge in [-0.2, -0.15) is 0 Å². The number of aliphatic carboxylic acids is 1. The van der Waals surface area contributed by atoms with Crippen molar-refractivity contribution in [2.45, 2.75) is 31.7 Å². The Hall–Kier alpha value is -1.31. The molecular formula is C14H17IN2O3. The third kappa shape index (κ3) is 3.62. The second-order valence-corrected chi connectivity index (χ2v) is 5.97. The summed E-state index contributed by atoms with van der Waals surface area (Å²) < 4.78 is 0.931. The van der Waals surface area contributed by atoms with Crippen LogP contribution in [0.3, 0.4) is 0 Å². The second-order valence-electron chi connectivity index (χ2n) is 4.81. The van der Waals surface area contributed by atoms with Crippen LogP contribution in [0.5, 0.6) is 0 Å². The Balaban J connectivity index is 2.13. The van der Waals surface area contributed by atoms with Crippen molar-refractivity contribution < 1.29 is 14.7 Å². The summed E-state index contributed by atoms with van der Waals surface area (Å²) in [5.74, 6) is -0.926. The van der Waals surface area contributed by atoms with E-state index in [2.05, 4.69) is 27.9 Å². The van der Waals surface area contributed by atoms with Crippen LogP contribution in [0.25, 0.3) is 0 Å². The fourth-order valence-electron chi connectivity index (χ4n) is 2.36. The molecule has 0 aliphatic carbocycles. The van der Waals surface area contributed by atoms with Gasteiger partial charge in [0.05, 0.1) is 5.69 Å². The predicted molar refractivity (Wildman–Crippen MR) is 84.8 cm³/mol. The van der Waals surface area contributed by atoms with E-state index in [9.17, 15) is 14.7 Å². The lowest BCUT2D eigenvalue weighted by Crippen LogP contribution is -2.46. The van der Waals surface area contributed by atoms with Gasteiger partial charge in [-0.15, -0.1) is 0 Å². The van der Waals surface area contributed by atoms with Gasteiger partial charge in [-0.1, -0.05) is 25.0 Å². The first-order valence-corrected chi connectivity index (χ1v) is 7.72. The number of nitrogens with one attached hydrogen (secondary N) is 1.